The summed E-state index contributed by atoms with van der Waals surface area (Å²) < 4.78 is 4.75. The molecule has 0 saturated carbocycles. The standard InChI is InChI=1S/C35H22N3.C15H10N.Ir/c1-2-12-25(13-3-1)37-32-18-6-4-15-27(32)29-22-30-28-16-5-7-19-33(28)38(35(30)23-34(29)37)26-14-10-11-24(21-26)31-17-8-9-20-36-31;1-2-6-12(7-3-1)15-11-10-13-8-4-5-9-14(13)16-15;/h1-10,12-23H;1-6,8-11H;/q2*-1;. The summed E-state index contributed by atoms with van der Waals surface area (Å²) in [5.74, 6) is 0. The van der Waals surface area contributed by atoms with E-state index >= 15 is 0 Å². The molecule has 11 rings (SSSR count). The Morgan fingerprint density at radius 1 is 0.400 bits per heavy atom. The first-order chi connectivity index (χ1) is 26.8. The molecule has 0 fully saturated rings. The molecular weight excluding hydrogens is 849 g/mol. The van der Waals surface area contributed by atoms with E-state index in [4.69, 9.17) is 0 Å². The normalized spacial score (nSPS) is 11.1. The summed E-state index contributed by atoms with van der Waals surface area (Å²) in [5.41, 5.74) is 12.0. The van der Waals surface area contributed by atoms with Crippen molar-refractivity contribution in [3.63, 3.8) is 0 Å². The van der Waals surface area contributed by atoms with E-state index in [1.165, 1.54) is 49.0 Å². The third-order valence-electron chi connectivity index (χ3n) is 10.0. The summed E-state index contributed by atoms with van der Waals surface area (Å²) in [6.45, 7) is 0. The first kappa shape index (κ1) is 34.1. The second-order valence-corrected chi connectivity index (χ2v) is 13.3. The van der Waals surface area contributed by atoms with E-state index in [2.05, 4.69) is 146 Å². The monoisotopic (exact) mass is 881 g/mol. The van der Waals surface area contributed by atoms with Crippen molar-refractivity contribution in [1.82, 2.24) is 19.1 Å². The van der Waals surface area contributed by atoms with Crippen LogP contribution in [-0.2, 0) is 20.1 Å². The fraction of sp³-hybridized carbons (Fsp3) is 0. The zero-order chi connectivity index (χ0) is 35.8. The molecule has 0 unspecified atom stereocenters. The summed E-state index contributed by atoms with van der Waals surface area (Å²) in [7, 11) is 0. The van der Waals surface area contributed by atoms with Crippen molar-refractivity contribution >= 4 is 54.5 Å². The second kappa shape index (κ2) is 14.6. The Morgan fingerprint density at radius 2 is 1.05 bits per heavy atom. The number of nitrogens with zero attached hydrogens (tertiary/aromatic N) is 4. The fourth-order valence-electron chi connectivity index (χ4n) is 7.60. The predicted molar refractivity (Wildman–Crippen MR) is 223 cm³/mol. The zero-order valence-electron chi connectivity index (χ0n) is 29.6. The van der Waals surface area contributed by atoms with Crippen LogP contribution in [0.2, 0.25) is 0 Å². The van der Waals surface area contributed by atoms with Gasteiger partial charge in [-0.25, -0.2) is 0 Å². The van der Waals surface area contributed by atoms with Gasteiger partial charge in [-0.05, 0) is 71.0 Å². The van der Waals surface area contributed by atoms with Crippen LogP contribution < -0.4 is 0 Å². The average Bonchev–Trinajstić information content (AvgIpc) is 3.76. The quantitative estimate of drug-likeness (QED) is 0.165. The molecular formula is C50H32IrN4-2. The topological polar surface area (TPSA) is 35.6 Å². The van der Waals surface area contributed by atoms with E-state index in [-0.39, 0.29) is 20.1 Å². The Bertz CT molecular complexity index is 3100. The molecule has 0 spiro atoms. The summed E-state index contributed by atoms with van der Waals surface area (Å²) >= 11 is 0. The van der Waals surface area contributed by atoms with Gasteiger partial charge < -0.3 is 14.1 Å². The van der Waals surface area contributed by atoms with Gasteiger partial charge in [-0.3, -0.25) is 4.98 Å². The van der Waals surface area contributed by atoms with Crippen molar-refractivity contribution in [2.75, 3.05) is 0 Å². The molecule has 0 aliphatic rings. The third kappa shape index (κ3) is 6.20. The number of pyridine rings is 2. The number of aromatic nitrogens is 4. The molecule has 11 aromatic rings. The number of fused-ring (bicyclic) bond motifs is 7. The van der Waals surface area contributed by atoms with Crippen LogP contribution >= 0.6 is 0 Å². The Labute approximate surface area is 332 Å². The van der Waals surface area contributed by atoms with Crippen molar-refractivity contribution in [3.8, 4) is 33.9 Å². The van der Waals surface area contributed by atoms with Gasteiger partial charge in [0.15, 0.2) is 0 Å². The molecule has 5 heteroatoms. The molecule has 7 aromatic carbocycles. The van der Waals surface area contributed by atoms with Crippen molar-refractivity contribution in [1.29, 1.82) is 0 Å². The van der Waals surface area contributed by atoms with Crippen LogP contribution in [0, 0.1) is 12.1 Å². The van der Waals surface area contributed by atoms with E-state index < -0.39 is 0 Å². The largest absolute Gasteiger partial charge is 0.327 e. The molecule has 0 aliphatic carbocycles. The van der Waals surface area contributed by atoms with Gasteiger partial charge in [-0.2, -0.15) is 0 Å². The maximum absolute atomic E-state index is 4.61. The SMILES string of the molecule is [Ir].[c-]1ccc(-n2c3ccccc3c3cc4c5ccccc5n(-c5ccccc5)c4cc32)cc1-c1ccccn1.[c-]1ccccc1-c1ccc2ccccc2n1. The van der Waals surface area contributed by atoms with Crippen LogP contribution in [0.4, 0.5) is 0 Å². The van der Waals surface area contributed by atoms with Gasteiger partial charge in [0.1, 0.15) is 0 Å². The third-order valence-corrected chi connectivity index (χ3v) is 10.0. The van der Waals surface area contributed by atoms with Crippen molar-refractivity contribution in [3.05, 3.63) is 206 Å². The predicted octanol–water partition coefficient (Wildman–Crippen LogP) is 12.4. The van der Waals surface area contributed by atoms with E-state index in [0.717, 1.165) is 39.4 Å². The smallest absolute Gasteiger partial charge is 0.0595 e. The molecule has 0 N–H and O–H groups in total. The maximum atomic E-state index is 4.61. The molecule has 4 nitrogen and oxygen atoms in total. The summed E-state index contributed by atoms with van der Waals surface area (Å²) in [4.78, 5) is 9.18. The van der Waals surface area contributed by atoms with Crippen LogP contribution in [0.3, 0.4) is 0 Å². The molecule has 1 radical (unpaired) electrons. The summed E-state index contributed by atoms with van der Waals surface area (Å²) in [6, 6.07) is 71.8. The first-order valence-electron chi connectivity index (χ1n) is 18.1. The zero-order valence-corrected chi connectivity index (χ0v) is 32.0. The van der Waals surface area contributed by atoms with Gasteiger partial charge in [0.25, 0.3) is 0 Å². The van der Waals surface area contributed by atoms with Gasteiger partial charge in [0, 0.05) is 53.5 Å². The van der Waals surface area contributed by atoms with Gasteiger partial charge in [0.2, 0.25) is 0 Å². The van der Waals surface area contributed by atoms with Crippen molar-refractivity contribution < 1.29 is 20.1 Å². The Morgan fingerprint density at radius 3 is 1.78 bits per heavy atom. The van der Waals surface area contributed by atoms with Gasteiger partial charge in [0.05, 0.1) is 27.6 Å². The van der Waals surface area contributed by atoms with Crippen LogP contribution in [0.15, 0.2) is 194 Å². The average molecular weight is 881 g/mol. The van der Waals surface area contributed by atoms with E-state index in [1.807, 2.05) is 79.0 Å². The minimum Gasteiger partial charge on any atom is -0.327 e. The van der Waals surface area contributed by atoms with E-state index in [9.17, 15) is 0 Å². The molecule has 4 aromatic heterocycles. The summed E-state index contributed by atoms with van der Waals surface area (Å²) in [5, 5.41) is 6.18. The molecule has 4 heterocycles. The molecule has 0 atom stereocenters. The summed E-state index contributed by atoms with van der Waals surface area (Å²) in [6.07, 6.45) is 1.83. The number of hydrogen-bond acceptors (Lipinski definition) is 2. The van der Waals surface area contributed by atoms with Crippen LogP contribution in [0.5, 0.6) is 0 Å². The van der Waals surface area contributed by atoms with E-state index in [1.54, 1.807) is 0 Å². The van der Waals surface area contributed by atoms with Gasteiger partial charge >= 0.3 is 0 Å². The minimum absolute atomic E-state index is 0. The number of rotatable bonds is 4. The molecule has 0 saturated heterocycles. The number of para-hydroxylation sites is 4. The van der Waals surface area contributed by atoms with Crippen LogP contribution in [-0.4, -0.2) is 19.1 Å². The molecule has 0 aliphatic heterocycles. The van der Waals surface area contributed by atoms with Crippen molar-refractivity contribution in [2.24, 2.45) is 0 Å². The Hall–Kier alpha value is -6.65. The van der Waals surface area contributed by atoms with Gasteiger partial charge in [-0.15, -0.1) is 65.7 Å². The fourth-order valence-corrected chi connectivity index (χ4v) is 7.60. The van der Waals surface area contributed by atoms with Crippen LogP contribution in [0.25, 0.3) is 88.4 Å². The maximum Gasteiger partial charge on any atom is 0.0595 e. The molecule has 263 valence electrons. The van der Waals surface area contributed by atoms with Crippen molar-refractivity contribution in [2.45, 2.75) is 0 Å². The first-order valence-corrected chi connectivity index (χ1v) is 18.1. The second-order valence-electron chi connectivity index (χ2n) is 13.3. The van der Waals surface area contributed by atoms with Crippen LogP contribution in [0.1, 0.15) is 0 Å². The molecule has 55 heavy (non-hydrogen) atoms. The molecule has 0 amide bonds. The number of benzene rings is 7. The van der Waals surface area contributed by atoms with E-state index in [0.29, 0.717) is 0 Å². The Balaban J connectivity index is 0.000000196. The minimum atomic E-state index is 0. The Kier molecular flexibility index (Phi) is 9.09. The van der Waals surface area contributed by atoms with Gasteiger partial charge in [-0.1, -0.05) is 97.1 Å². The number of hydrogen-bond donors (Lipinski definition) is 0. The molecule has 0 bridgehead atoms.